The zero-order valence-electron chi connectivity index (χ0n) is 12.0. The predicted molar refractivity (Wildman–Crippen MR) is 85.6 cm³/mol. The molecule has 112 valence electrons. The molecule has 5 heteroatoms. The van der Waals surface area contributed by atoms with Crippen molar-refractivity contribution in [1.29, 1.82) is 0 Å². The van der Waals surface area contributed by atoms with Crippen LogP contribution in [0.25, 0.3) is 0 Å². The lowest BCUT2D eigenvalue weighted by molar-refractivity contribution is 0.581. The zero-order chi connectivity index (χ0) is 15.3. The van der Waals surface area contributed by atoms with E-state index in [2.05, 4.69) is 23.8 Å². The predicted octanol–water partition coefficient (Wildman–Crippen LogP) is 2.35. The molecule has 0 aliphatic heterocycles. The van der Waals surface area contributed by atoms with Gasteiger partial charge in [0.15, 0.2) is 0 Å². The number of hydrogen-bond donors (Lipinski definition) is 2. The Bertz CT molecular complexity index is 677. The van der Waals surface area contributed by atoms with Gasteiger partial charge >= 0.3 is 0 Å². The van der Waals surface area contributed by atoms with E-state index in [1.807, 2.05) is 12.1 Å². The van der Waals surface area contributed by atoms with Crippen LogP contribution in [-0.2, 0) is 22.9 Å². The first-order valence-corrected chi connectivity index (χ1v) is 8.42. The van der Waals surface area contributed by atoms with Gasteiger partial charge in [-0.3, -0.25) is 0 Å². The molecule has 0 spiro atoms. The molecular weight excluding hydrogens is 284 g/mol. The Morgan fingerprint density at radius 1 is 0.952 bits per heavy atom. The molecule has 2 aromatic rings. The lowest BCUT2D eigenvalue weighted by atomic mass is 10.1. The van der Waals surface area contributed by atoms with E-state index in [0.717, 1.165) is 12.0 Å². The third kappa shape index (κ3) is 4.31. The molecule has 0 aliphatic rings. The minimum atomic E-state index is -3.47. The van der Waals surface area contributed by atoms with Gasteiger partial charge in [-0.15, -0.1) is 0 Å². The molecule has 0 heterocycles. The van der Waals surface area contributed by atoms with Gasteiger partial charge in [0.05, 0.1) is 4.90 Å². The Kier molecular flexibility index (Phi) is 4.98. The number of hydrogen-bond acceptors (Lipinski definition) is 3. The van der Waals surface area contributed by atoms with Gasteiger partial charge in [-0.1, -0.05) is 31.2 Å². The molecule has 0 bridgehead atoms. The van der Waals surface area contributed by atoms with E-state index in [9.17, 15) is 8.42 Å². The summed E-state index contributed by atoms with van der Waals surface area (Å²) in [6.07, 6.45) is 1.67. The highest BCUT2D eigenvalue weighted by atomic mass is 32.2. The number of rotatable bonds is 6. The number of nitrogens with two attached hydrogens (primary N) is 1. The molecule has 3 N–H and O–H groups in total. The second-order valence-electron chi connectivity index (χ2n) is 4.89. The zero-order valence-corrected chi connectivity index (χ0v) is 12.9. The highest BCUT2D eigenvalue weighted by Crippen LogP contribution is 2.11. The molecule has 2 aromatic carbocycles. The number of nitrogen functional groups attached to an aromatic ring is 1. The maximum absolute atomic E-state index is 12.1. The fourth-order valence-corrected chi connectivity index (χ4v) is 3.03. The number of aryl methyl sites for hydroxylation is 1. The third-order valence-electron chi connectivity index (χ3n) is 3.33. The van der Waals surface area contributed by atoms with Gasteiger partial charge in [0.25, 0.3) is 0 Å². The number of benzene rings is 2. The molecule has 0 saturated carbocycles. The lowest BCUT2D eigenvalue weighted by Gasteiger charge is -2.07. The van der Waals surface area contributed by atoms with E-state index in [1.54, 1.807) is 12.1 Å². The van der Waals surface area contributed by atoms with Gasteiger partial charge in [-0.25, -0.2) is 13.1 Å². The summed E-state index contributed by atoms with van der Waals surface area (Å²) in [7, 11) is -3.47. The topological polar surface area (TPSA) is 72.2 Å². The van der Waals surface area contributed by atoms with E-state index in [4.69, 9.17) is 5.73 Å². The van der Waals surface area contributed by atoms with Crippen LogP contribution in [-0.4, -0.2) is 15.0 Å². The summed E-state index contributed by atoms with van der Waals surface area (Å²) in [5, 5.41) is 0. The summed E-state index contributed by atoms with van der Waals surface area (Å²) in [6.45, 7) is 2.48. The molecule has 0 unspecified atom stereocenters. The molecule has 2 rings (SSSR count). The van der Waals surface area contributed by atoms with Crippen LogP contribution in [0.4, 0.5) is 5.69 Å². The van der Waals surface area contributed by atoms with Crippen LogP contribution < -0.4 is 10.5 Å². The largest absolute Gasteiger partial charge is 0.399 e. The first-order valence-electron chi connectivity index (χ1n) is 6.94. The average Bonchev–Trinajstić information content (AvgIpc) is 2.48. The van der Waals surface area contributed by atoms with Crippen molar-refractivity contribution >= 4 is 15.7 Å². The van der Waals surface area contributed by atoms with Crippen LogP contribution in [0.1, 0.15) is 18.1 Å². The second kappa shape index (κ2) is 6.74. The fraction of sp³-hybridized carbons (Fsp3) is 0.250. The Labute approximate surface area is 126 Å². The van der Waals surface area contributed by atoms with Crippen LogP contribution in [0, 0.1) is 0 Å². The standard InChI is InChI=1S/C16H20N2O2S/c1-2-13-3-5-14(6-4-13)11-12-18-21(19,20)16-9-7-15(17)8-10-16/h3-10,18H,2,11-12,17H2,1H3. The molecule has 0 amide bonds. The molecule has 0 atom stereocenters. The Balaban J connectivity index is 1.93. The SMILES string of the molecule is CCc1ccc(CCNS(=O)(=O)c2ccc(N)cc2)cc1. The van der Waals surface area contributed by atoms with Gasteiger partial charge in [0, 0.05) is 12.2 Å². The Morgan fingerprint density at radius 3 is 2.10 bits per heavy atom. The van der Waals surface area contributed by atoms with Gasteiger partial charge in [-0.2, -0.15) is 0 Å². The van der Waals surface area contributed by atoms with E-state index in [-0.39, 0.29) is 4.90 Å². The van der Waals surface area contributed by atoms with Crippen molar-refractivity contribution in [3.63, 3.8) is 0 Å². The van der Waals surface area contributed by atoms with Crippen molar-refractivity contribution in [3.8, 4) is 0 Å². The van der Waals surface area contributed by atoms with E-state index < -0.39 is 10.0 Å². The van der Waals surface area contributed by atoms with Crippen molar-refractivity contribution < 1.29 is 8.42 Å². The Hall–Kier alpha value is -1.85. The summed E-state index contributed by atoms with van der Waals surface area (Å²) in [6, 6.07) is 14.4. The first-order chi connectivity index (χ1) is 10.0. The molecule has 0 fully saturated rings. The quantitative estimate of drug-likeness (QED) is 0.805. The minimum absolute atomic E-state index is 0.234. The van der Waals surface area contributed by atoms with E-state index in [1.165, 1.54) is 17.7 Å². The minimum Gasteiger partial charge on any atom is -0.399 e. The van der Waals surface area contributed by atoms with Crippen molar-refractivity contribution in [1.82, 2.24) is 4.72 Å². The van der Waals surface area contributed by atoms with Crippen LogP contribution in [0.3, 0.4) is 0 Å². The van der Waals surface area contributed by atoms with Gasteiger partial charge in [0.2, 0.25) is 10.0 Å². The van der Waals surface area contributed by atoms with E-state index in [0.29, 0.717) is 18.7 Å². The maximum atomic E-state index is 12.1. The summed E-state index contributed by atoms with van der Waals surface area (Å²) in [5.41, 5.74) is 8.50. The molecule has 4 nitrogen and oxygen atoms in total. The fourth-order valence-electron chi connectivity index (χ4n) is 2.00. The van der Waals surface area contributed by atoms with E-state index >= 15 is 0 Å². The normalized spacial score (nSPS) is 11.5. The average molecular weight is 304 g/mol. The molecule has 0 aromatic heterocycles. The van der Waals surface area contributed by atoms with Gasteiger partial charge in [0.1, 0.15) is 0 Å². The smallest absolute Gasteiger partial charge is 0.240 e. The number of sulfonamides is 1. The summed E-state index contributed by atoms with van der Waals surface area (Å²) in [4.78, 5) is 0.234. The molecule has 21 heavy (non-hydrogen) atoms. The van der Waals surface area contributed by atoms with Crippen molar-refractivity contribution in [2.75, 3.05) is 12.3 Å². The van der Waals surface area contributed by atoms with Gasteiger partial charge in [-0.05, 0) is 48.2 Å². The number of nitrogens with one attached hydrogen (secondary N) is 1. The molecule has 0 aliphatic carbocycles. The molecule has 0 saturated heterocycles. The van der Waals surface area contributed by atoms with Gasteiger partial charge < -0.3 is 5.73 Å². The molecular formula is C16H20N2O2S. The highest BCUT2D eigenvalue weighted by Gasteiger charge is 2.12. The molecule has 0 radical (unpaired) electrons. The second-order valence-corrected chi connectivity index (χ2v) is 6.65. The summed E-state index contributed by atoms with van der Waals surface area (Å²) in [5.74, 6) is 0. The summed E-state index contributed by atoms with van der Waals surface area (Å²) >= 11 is 0. The van der Waals surface area contributed by atoms with Crippen LogP contribution in [0.2, 0.25) is 0 Å². The number of anilines is 1. The first kappa shape index (κ1) is 15.5. The van der Waals surface area contributed by atoms with Crippen LogP contribution in [0.15, 0.2) is 53.4 Å². The Morgan fingerprint density at radius 2 is 1.52 bits per heavy atom. The van der Waals surface area contributed by atoms with Crippen molar-refractivity contribution in [2.45, 2.75) is 24.7 Å². The highest BCUT2D eigenvalue weighted by molar-refractivity contribution is 7.89. The third-order valence-corrected chi connectivity index (χ3v) is 4.80. The lowest BCUT2D eigenvalue weighted by Crippen LogP contribution is -2.26. The van der Waals surface area contributed by atoms with Crippen molar-refractivity contribution in [2.24, 2.45) is 0 Å². The van der Waals surface area contributed by atoms with Crippen LogP contribution >= 0.6 is 0 Å². The van der Waals surface area contributed by atoms with Crippen LogP contribution in [0.5, 0.6) is 0 Å². The monoisotopic (exact) mass is 304 g/mol. The summed E-state index contributed by atoms with van der Waals surface area (Å²) < 4.78 is 26.8. The van der Waals surface area contributed by atoms with Crippen molar-refractivity contribution in [3.05, 3.63) is 59.7 Å². The maximum Gasteiger partial charge on any atom is 0.240 e.